The van der Waals surface area contributed by atoms with Crippen molar-refractivity contribution in [3.63, 3.8) is 0 Å². The number of aromatic nitrogens is 1. The van der Waals surface area contributed by atoms with E-state index in [4.69, 9.17) is 9.40 Å². The topological polar surface area (TPSA) is 29.3 Å². The molecule has 3 nitrogen and oxygen atoms in total. The lowest BCUT2D eigenvalue weighted by molar-refractivity contribution is 0.655. The third-order valence-corrected chi connectivity index (χ3v) is 9.87. The number of nitrogens with zero attached hydrogens (tertiary/aromatic N) is 2. The first kappa shape index (κ1) is 28.3. The Morgan fingerprint density at radius 1 is 0.400 bits per heavy atom. The summed E-state index contributed by atoms with van der Waals surface area (Å²) in [6, 6.07) is 64.6. The van der Waals surface area contributed by atoms with Gasteiger partial charge in [0, 0.05) is 22.0 Å². The van der Waals surface area contributed by atoms with E-state index in [0.29, 0.717) is 5.71 Å². The van der Waals surface area contributed by atoms with E-state index in [2.05, 4.69) is 187 Å². The number of rotatable bonds is 5. The predicted molar refractivity (Wildman–Crippen MR) is 210 cm³/mol. The number of pyridine rings is 1. The van der Waals surface area contributed by atoms with Crippen molar-refractivity contribution in [2.45, 2.75) is 0 Å². The minimum atomic E-state index is 0.618. The Hall–Kier alpha value is -6.71. The number of para-hydroxylation sites is 1. The molecule has 2 heterocycles. The van der Waals surface area contributed by atoms with Crippen LogP contribution in [0.2, 0.25) is 0 Å². The summed E-state index contributed by atoms with van der Waals surface area (Å²) in [7, 11) is 0. The van der Waals surface area contributed by atoms with Crippen LogP contribution in [-0.2, 0) is 0 Å². The zero-order chi connectivity index (χ0) is 33.0. The lowest BCUT2D eigenvalue weighted by atomic mass is 9.96. The molecule has 50 heavy (non-hydrogen) atoms. The molecule has 0 radical (unpaired) electrons. The van der Waals surface area contributed by atoms with E-state index >= 15 is 0 Å². The standard InChI is InChI=1S/C47H30N2O/c1-2-14-35-30-45-43(29-34(35)13-1)42-27-28-46(48-47(42)50-45)49(36-25-23-33(24-26-36)38-20-9-15-31-11-3-5-17-37(31)38)44-22-8-7-19-41(44)40-21-10-16-32-12-4-6-18-39(32)40/h1-30H. The van der Waals surface area contributed by atoms with E-state index in [1.807, 2.05) is 0 Å². The highest BCUT2D eigenvalue weighted by Gasteiger charge is 2.21. The van der Waals surface area contributed by atoms with Gasteiger partial charge in [0.25, 0.3) is 0 Å². The molecule has 0 aliphatic heterocycles. The lowest BCUT2D eigenvalue weighted by Gasteiger charge is -2.27. The van der Waals surface area contributed by atoms with Gasteiger partial charge < -0.3 is 4.42 Å². The van der Waals surface area contributed by atoms with Crippen LogP contribution < -0.4 is 4.90 Å². The van der Waals surface area contributed by atoms with E-state index in [-0.39, 0.29) is 0 Å². The molecule has 0 aliphatic rings. The summed E-state index contributed by atoms with van der Waals surface area (Å²) >= 11 is 0. The molecule has 10 rings (SSSR count). The molecule has 0 atom stereocenters. The van der Waals surface area contributed by atoms with Crippen molar-refractivity contribution in [1.29, 1.82) is 0 Å². The third-order valence-electron chi connectivity index (χ3n) is 9.87. The largest absolute Gasteiger partial charge is 0.438 e. The van der Waals surface area contributed by atoms with Crippen molar-refractivity contribution in [3.05, 3.63) is 182 Å². The fourth-order valence-corrected chi connectivity index (χ4v) is 7.48. The second-order valence-corrected chi connectivity index (χ2v) is 12.8. The normalized spacial score (nSPS) is 11.6. The highest BCUT2D eigenvalue weighted by Crippen LogP contribution is 2.44. The molecular formula is C47H30N2O. The molecule has 0 fully saturated rings. The smallest absolute Gasteiger partial charge is 0.229 e. The van der Waals surface area contributed by atoms with Gasteiger partial charge in [0.1, 0.15) is 11.4 Å². The molecule has 2 aromatic heterocycles. The number of anilines is 3. The number of furan rings is 1. The summed E-state index contributed by atoms with van der Waals surface area (Å²) in [5.74, 6) is 0.784. The number of hydrogen-bond donors (Lipinski definition) is 0. The highest BCUT2D eigenvalue weighted by atomic mass is 16.3. The molecule has 0 spiro atoms. The van der Waals surface area contributed by atoms with Gasteiger partial charge in [0.05, 0.1) is 5.69 Å². The van der Waals surface area contributed by atoms with Crippen molar-refractivity contribution in [3.8, 4) is 22.3 Å². The van der Waals surface area contributed by atoms with Crippen molar-refractivity contribution in [2.24, 2.45) is 0 Å². The van der Waals surface area contributed by atoms with Gasteiger partial charge in [-0.25, -0.2) is 0 Å². The molecule has 3 heteroatoms. The van der Waals surface area contributed by atoms with Gasteiger partial charge in [-0.3, -0.25) is 4.90 Å². The predicted octanol–water partition coefficient (Wildman–Crippen LogP) is 13.2. The molecule has 0 saturated heterocycles. The average Bonchev–Trinajstić information content (AvgIpc) is 3.53. The van der Waals surface area contributed by atoms with Crippen LogP contribution in [0, 0.1) is 0 Å². The second kappa shape index (κ2) is 11.5. The van der Waals surface area contributed by atoms with Gasteiger partial charge >= 0.3 is 0 Å². The Bertz CT molecular complexity index is 2870. The molecule has 0 N–H and O–H groups in total. The molecule has 0 bridgehead atoms. The van der Waals surface area contributed by atoms with Crippen molar-refractivity contribution >= 4 is 71.6 Å². The van der Waals surface area contributed by atoms with E-state index in [1.54, 1.807) is 0 Å². The maximum absolute atomic E-state index is 6.48. The fraction of sp³-hybridized carbons (Fsp3) is 0. The SMILES string of the molecule is c1ccc(N(c2ccc(-c3cccc4ccccc34)cc2)c2ccc3c(n2)oc2cc4ccccc4cc23)c(-c2cccc3ccccc23)c1. The summed E-state index contributed by atoms with van der Waals surface area (Å²) in [6.45, 7) is 0. The average molecular weight is 639 g/mol. The summed E-state index contributed by atoms with van der Waals surface area (Å²) in [5.41, 5.74) is 8.18. The zero-order valence-corrected chi connectivity index (χ0v) is 27.1. The molecule has 8 aromatic carbocycles. The van der Waals surface area contributed by atoms with Crippen LogP contribution in [0.4, 0.5) is 17.2 Å². The first-order valence-electron chi connectivity index (χ1n) is 17.0. The number of benzene rings is 8. The summed E-state index contributed by atoms with van der Waals surface area (Å²) < 4.78 is 6.48. The van der Waals surface area contributed by atoms with Crippen LogP contribution in [-0.4, -0.2) is 4.98 Å². The minimum Gasteiger partial charge on any atom is -0.438 e. The Kier molecular flexibility index (Phi) is 6.49. The maximum atomic E-state index is 6.48. The van der Waals surface area contributed by atoms with Gasteiger partial charge in [-0.1, -0.05) is 140 Å². The van der Waals surface area contributed by atoms with Crippen LogP contribution in [0.3, 0.4) is 0 Å². The Morgan fingerprint density at radius 3 is 1.74 bits per heavy atom. The van der Waals surface area contributed by atoms with Crippen molar-refractivity contribution in [2.75, 3.05) is 4.90 Å². The van der Waals surface area contributed by atoms with Gasteiger partial charge in [-0.2, -0.15) is 4.98 Å². The lowest BCUT2D eigenvalue weighted by Crippen LogP contribution is -2.12. The number of fused-ring (bicyclic) bond motifs is 6. The first-order valence-corrected chi connectivity index (χ1v) is 17.0. The second-order valence-electron chi connectivity index (χ2n) is 12.8. The molecule has 0 saturated carbocycles. The van der Waals surface area contributed by atoms with E-state index in [9.17, 15) is 0 Å². The maximum Gasteiger partial charge on any atom is 0.229 e. The highest BCUT2D eigenvalue weighted by molar-refractivity contribution is 6.10. The van der Waals surface area contributed by atoms with Crippen LogP contribution in [0.5, 0.6) is 0 Å². The van der Waals surface area contributed by atoms with Crippen LogP contribution in [0.1, 0.15) is 0 Å². The molecule has 0 aliphatic carbocycles. The monoisotopic (exact) mass is 638 g/mol. The first-order chi connectivity index (χ1) is 24.8. The molecule has 0 unspecified atom stereocenters. The minimum absolute atomic E-state index is 0.618. The fourth-order valence-electron chi connectivity index (χ4n) is 7.48. The molecule has 234 valence electrons. The van der Waals surface area contributed by atoms with Gasteiger partial charge in [0.15, 0.2) is 0 Å². The molecule has 0 amide bonds. The summed E-state index contributed by atoms with van der Waals surface area (Å²) in [5, 5.41) is 9.30. The Labute approximate surface area is 289 Å². The van der Waals surface area contributed by atoms with E-state index < -0.39 is 0 Å². The number of hydrogen-bond acceptors (Lipinski definition) is 3. The molecular weight excluding hydrogens is 609 g/mol. The van der Waals surface area contributed by atoms with E-state index in [0.717, 1.165) is 44.5 Å². The van der Waals surface area contributed by atoms with E-state index in [1.165, 1.54) is 43.6 Å². The van der Waals surface area contributed by atoms with Crippen LogP contribution in [0.25, 0.3) is 76.6 Å². The van der Waals surface area contributed by atoms with Crippen molar-refractivity contribution in [1.82, 2.24) is 4.98 Å². The quantitative estimate of drug-likeness (QED) is 0.188. The van der Waals surface area contributed by atoms with Crippen molar-refractivity contribution < 1.29 is 4.42 Å². The third kappa shape index (κ3) is 4.63. The van der Waals surface area contributed by atoms with Gasteiger partial charge in [-0.15, -0.1) is 0 Å². The summed E-state index contributed by atoms with van der Waals surface area (Å²) in [4.78, 5) is 7.49. The Balaban J connectivity index is 1.18. The van der Waals surface area contributed by atoms with Gasteiger partial charge in [0.2, 0.25) is 5.71 Å². The van der Waals surface area contributed by atoms with Crippen LogP contribution in [0.15, 0.2) is 186 Å². The van der Waals surface area contributed by atoms with Crippen LogP contribution >= 0.6 is 0 Å². The van der Waals surface area contributed by atoms with Gasteiger partial charge in [-0.05, 0) is 91.5 Å². The molecule has 10 aromatic rings. The summed E-state index contributed by atoms with van der Waals surface area (Å²) in [6.07, 6.45) is 0. The Morgan fingerprint density at radius 2 is 0.980 bits per heavy atom. The zero-order valence-electron chi connectivity index (χ0n) is 27.1.